The first-order chi connectivity index (χ1) is 11.3. The van der Waals surface area contributed by atoms with E-state index in [1.54, 1.807) is 6.20 Å². The van der Waals surface area contributed by atoms with Crippen LogP contribution in [0.4, 0.5) is 5.69 Å². The number of carbonyl (C=O) groups excluding carboxylic acids is 1. The molecule has 1 amide bonds. The number of amides is 1. The number of hydrogen-bond donors (Lipinski definition) is 2. The maximum atomic E-state index is 11.4. The third-order valence-electron chi connectivity index (χ3n) is 3.95. The van der Waals surface area contributed by atoms with Gasteiger partial charge in [0.05, 0.1) is 6.42 Å². The van der Waals surface area contributed by atoms with Gasteiger partial charge >= 0.3 is 0 Å². The summed E-state index contributed by atoms with van der Waals surface area (Å²) in [5.41, 5.74) is 4.98. The molecule has 0 aliphatic carbocycles. The molecular formula is C17H15N5O. The molecular weight excluding hydrogens is 290 g/mol. The molecule has 2 aromatic heterocycles. The number of aromatic nitrogens is 4. The van der Waals surface area contributed by atoms with Crippen molar-refractivity contribution in [3.8, 4) is 11.1 Å². The Morgan fingerprint density at radius 2 is 1.91 bits per heavy atom. The zero-order chi connectivity index (χ0) is 15.6. The fourth-order valence-corrected chi connectivity index (χ4v) is 2.71. The Labute approximate surface area is 133 Å². The Balaban J connectivity index is 1.50. The second kappa shape index (κ2) is 5.64. The van der Waals surface area contributed by atoms with Crippen LogP contribution in [0.25, 0.3) is 11.1 Å². The Morgan fingerprint density at radius 3 is 2.70 bits per heavy atom. The molecule has 0 saturated carbocycles. The van der Waals surface area contributed by atoms with Crippen LogP contribution in [0.5, 0.6) is 0 Å². The van der Waals surface area contributed by atoms with E-state index in [1.165, 1.54) is 0 Å². The minimum atomic E-state index is 0.0440. The van der Waals surface area contributed by atoms with Crippen LogP contribution in [0.2, 0.25) is 0 Å². The smallest absolute Gasteiger partial charge is 0.228 e. The highest BCUT2D eigenvalue weighted by Gasteiger charge is 2.17. The first-order valence-electron chi connectivity index (χ1n) is 7.50. The number of benzene rings is 1. The van der Waals surface area contributed by atoms with Crippen molar-refractivity contribution in [3.63, 3.8) is 0 Å². The lowest BCUT2D eigenvalue weighted by Gasteiger charge is -2.05. The number of aromatic amines is 1. The summed E-state index contributed by atoms with van der Waals surface area (Å²) in [6.07, 6.45) is 7.46. The minimum Gasteiger partial charge on any atom is -0.326 e. The number of nitrogens with one attached hydrogen (secondary N) is 2. The first-order valence-corrected chi connectivity index (χ1v) is 7.50. The maximum Gasteiger partial charge on any atom is 0.228 e. The molecule has 23 heavy (non-hydrogen) atoms. The van der Waals surface area contributed by atoms with E-state index in [-0.39, 0.29) is 5.91 Å². The number of H-pyrrole nitrogens is 1. The molecule has 1 aliphatic rings. The average molecular weight is 305 g/mol. The van der Waals surface area contributed by atoms with E-state index in [4.69, 9.17) is 0 Å². The molecule has 3 heterocycles. The van der Waals surface area contributed by atoms with Gasteiger partial charge in [-0.1, -0.05) is 6.07 Å². The standard InChI is InChI=1S/C17H15N5O/c23-17-8-12-7-11(1-3-15(12)21-17)13-9-18-16(19-10-13)4-2-14-5-6-20-22-14/h1,3,5-7,9-10H,2,4,8H2,(H,20,22)(H,21,23). The number of anilines is 1. The molecule has 6 heteroatoms. The molecule has 6 nitrogen and oxygen atoms in total. The van der Waals surface area contributed by atoms with Gasteiger partial charge in [-0.15, -0.1) is 0 Å². The molecule has 4 rings (SSSR count). The molecule has 0 atom stereocenters. The molecule has 0 fully saturated rings. The van der Waals surface area contributed by atoms with Gasteiger partial charge in [-0.3, -0.25) is 9.89 Å². The molecule has 3 aromatic rings. The Hall–Kier alpha value is -3.02. The molecule has 114 valence electrons. The molecule has 0 saturated heterocycles. The lowest BCUT2D eigenvalue weighted by molar-refractivity contribution is -0.115. The number of carbonyl (C=O) groups is 1. The van der Waals surface area contributed by atoms with E-state index in [2.05, 4.69) is 25.5 Å². The summed E-state index contributed by atoms with van der Waals surface area (Å²) in [6.45, 7) is 0. The van der Waals surface area contributed by atoms with Crippen molar-refractivity contribution in [1.82, 2.24) is 20.2 Å². The summed E-state index contributed by atoms with van der Waals surface area (Å²) in [5.74, 6) is 0.851. The van der Waals surface area contributed by atoms with Crippen LogP contribution in [0.1, 0.15) is 17.1 Å². The van der Waals surface area contributed by atoms with Crippen LogP contribution >= 0.6 is 0 Å². The van der Waals surface area contributed by atoms with Crippen molar-refractivity contribution in [2.45, 2.75) is 19.3 Å². The molecule has 1 aliphatic heterocycles. The predicted molar refractivity (Wildman–Crippen MR) is 85.8 cm³/mol. The summed E-state index contributed by atoms with van der Waals surface area (Å²) >= 11 is 0. The predicted octanol–water partition coefficient (Wildman–Crippen LogP) is 2.15. The molecule has 0 spiro atoms. The van der Waals surface area contributed by atoms with Gasteiger partial charge in [0.2, 0.25) is 5.91 Å². The average Bonchev–Trinajstić information content (AvgIpc) is 3.21. The fraction of sp³-hybridized carbons (Fsp3) is 0.176. The van der Waals surface area contributed by atoms with Crippen LogP contribution in [-0.4, -0.2) is 26.1 Å². The number of rotatable bonds is 4. The van der Waals surface area contributed by atoms with Crippen LogP contribution in [-0.2, 0) is 24.1 Å². The van der Waals surface area contributed by atoms with Crippen LogP contribution in [0.3, 0.4) is 0 Å². The highest BCUT2D eigenvalue weighted by Crippen LogP contribution is 2.28. The van der Waals surface area contributed by atoms with Crippen molar-refractivity contribution >= 4 is 11.6 Å². The first kappa shape index (κ1) is 13.6. The highest BCUT2D eigenvalue weighted by atomic mass is 16.1. The molecule has 0 radical (unpaired) electrons. The van der Waals surface area contributed by atoms with E-state index in [9.17, 15) is 4.79 Å². The summed E-state index contributed by atoms with van der Waals surface area (Å²) in [7, 11) is 0. The fourth-order valence-electron chi connectivity index (χ4n) is 2.71. The van der Waals surface area contributed by atoms with E-state index in [1.807, 2.05) is 36.7 Å². The van der Waals surface area contributed by atoms with E-state index < -0.39 is 0 Å². The van der Waals surface area contributed by atoms with Gasteiger partial charge in [0.25, 0.3) is 0 Å². The highest BCUT2D eigenvalue weighted by molar-refractivity contribution is 5.99. The SMILES string of the molecule is O=C1Cc2cc(-c3cnc(CCc4ccn[nH]4)nc3)ccc2N1. The second-order valence-corrected chi connectivity index (χ2v) is 5.57. The third-order valence-corrected chi connectivity index (χ3v) is 3.95. The van der Waals surface area contributed by atoms with Crippen molar-refractivity contribution in [2.24, 2.45) is 0 Å². The van der Waals surface area contributed by atoms with Crippen LogP contribution < -0.4 is 5.32 Å². The number of hydrogen-bond acceptors (Lipinski definition) is 4. The van der Waals surface area contributed by atoms with Crippen molar-refractivity contribution in [1.29, 1.82) is 0 Å². The Morgan fingerprint density at radius 1 is 1.04 bits per heavy atom. The lowest BCUT2D eigenvalue weighted by atomic mass is 10.0. The lowest BCUT2D eigenvalue weighted by Crippen LogP contribution is -2.03. The summed E-state index contributed by atoms with van der Waals surface area (Å²) < 4.78 is 0. The van der Waals surface area contributed by atoms with E-state index >= 15 is 0 Å². The van der Waals surface area contributed by atoms with Crippen molar-refractivity contribution in [3.05, 3.63) is 59.9 Å². The molecule has 0 unspecified atom stereocenters. The second-order valence-electron chi connectivity index (χ2n) is 5.57. The zero-order valence-electron chi connectivity index (χ0n) is 12.4. The summed E-state index contributed by atoms with van der Waals surface area (Å²) in [5, 5.41) is 9.70. The van der Waals surface area contributed by atoms with Gasteiger partial charge in [0, 0.05) is 42.0 Å². The number of aryl methyl sites for hydroxylation is 2. The van der Waals surface area contributed by atoms with Crippen LogP contribution in [0, 0.1) is 0 Å². The number of fused-ring (bicyclic) bond motifs is 1. The summed E-state index contributed by atoms with van der Waals surface area (Å²) in [4.78, 5) is 20.3. The molecule has 0 bridgehead atoms. The minimum absolute atomic E-state index is 0.0440. The van der Waals surface area contributed by atoms with E-state index in [0.29, 0.717) is 6.42 Å². The monoisotopic (exact) mass is 305 g/mol. The van der Waals surface area contributed by atoms with Crippen molar-refractivity contribution in [2.75, 3.05) is 5.32 Å². The Kier molecular flexibility index (Phi) is 3.34. The van der Waals surface area contributed by atoms with Crippen molar-refractivity contribution < 1.29 is 4.79 Å². The largest absolute Gasteiger partial charge is 0.326 e. The number of nitrogens with zero attached hydrogens (tertiary/aromatic N) is 3. The van der Waals surface area contributed by atoms with Crippen LogP contribution in [0.15, 0.2) is 42.9 Å². The molecule has 1 aromatic carbocycles. The van der Waals surface area contributed by atoms with Gasteiger partial charge in [-0.05, 0) is 35.7 Å². The summed E-state index contributed by atoms with van der Waals surface area (Å²) in [6, 6.07) is 7.89. The third kappa shape index (κ3) is 2.83. The van der Waals surface area contributed by atoms with Gasteiger partial charge < -0.3 is 5.32 Å². The quantitative estimate of drug-likeness (QED) is 0.773. The molecule has 2 N–H and O–H groups in total. The van der Waals surface area contributed by atoms with Gasteiger partial charge in [-0.25, -0.2) is 9.97 Å². The van der Waals surface area contributed by atoms with Gasteiger partial charge in [0.1, 0.15) is 5.82 Å². The normalized spacial score (nSPS) is 13.0. The topological polar surface area (TPSA) is 83.6 Å². The Bertz CT molecular complexity index is 840. The van der Waals surface area contributed by atoms with E-state index in [0.717, 1.165) is 46.7 Å². The maximum absolute atomic E-state index is 11.4. The van der Waals surface area contributed by atoms with Gasteiger partial charge in [-0.2, -0.15) is 5.10 Å². The zero-order valence-corrected chi connectivity index (χ0v) is 12.4. The van der Waals surface area contributed by atoms with Gasteiger partial charge in [0.15, 0.2) is 0 Å².